The van der Waals surface area contributed by atoms with Gasteiger partial charge in [-0.3, -0.25) is 9.80 Å². The van der Waals surface area contributed by atoms with E-state index < -0.39 is 0 Å². The zero-order chi connectivity index (χ0) is 42.6. The number of hydrogen-bond acceptors (Lipinski definition) is 11. The summed E-state index contributed by atoms with van der Waals surface area (Å²) in [6.07, 6.45) is 6.45. The summed E-state index contributed by atoms with van der Waals surface area (Å²) < 4.78 is 24.8. The van der Waals surface area contributed by atoms with Crippen molar-refractivity contribution in [3.63, 3.8) is 0 Å². The Kier molecular flexibility index (Phi) is 15.9. The van der Waals surface area contributed by atoms with Crippen molar-refractivity contribution >= 4 is 49.8 Å². The van der Waals surface area contributed by atoms with Crippen LogP contribution in [-0.4, -0.2) is 120 Å². The summed E-state index contributed by atoms with van der Waals surface area (Å²) in [6.45, 7) is 18.6. The van der Waals surface area contributed by atoms with Gasteiger partial charge in [0.2, 0.25) is 0 Å². The van der Waals surface area contributed by atoms with Gasteiger partial charge < -0.3 is 60.9 Å². The number of likely N-dealkylation sites (tertiary alicyclic amines) is 1. The standard InChI is InChI=1S/C17H25N3O2.C17H25N3O.C12H16N2O3/c1-3-13-12(2)19-17-15(5-4-14(18)16(13)17)22-11-8-20-6-9-21-10-7-20;1-3-13-12(2)19-17-15(7-6-14(18)16(13)17)21-11-10-20-8-4-5-9-20;13-10-1-2-11(17-8-7-16)12-9(10)3-4-14(12)5-6-15/h4-5,19H,3,6-11,18H2,1-2H3;6-7,19H,3-5,8-11,18H2,1-2H3;1-4,15-16H,5-8,13H2. The number of benzene rings is 3. The van der Waals surface area contributed by atoms with Crippen LogP contribution in [0.5, 0.6) is 17.2 Å². The van der Waals surface area contributed by atoms with Crippen molar-refractivity contribution in [2.24, 2.45) is 0 Å². The second-order valence-corrected chi connectivity index (χ2v) is 15.4. The Bertz CT molecular complexity index is 2290. The van der Waals surface area contributed by atoms with Gasteiger partial charge >= 0.3 is 0 Å². The Balaban J connectivity index is 0.000000152. The monoisotopic (exact) mass is 827 g/mol. The number of anilines is 3. The molecule has 0 atom stereocenters. The second kappa shape index (κ2) is 21.4. The zero-order valence-corrected chi connectivity index (χ0v) is 35.9. The van der Waals surface area contributed by atoms with E-state index in [2.05, 4.69) is 47.5 Å². The van der Waals surface area contributed by atoms with E-state index in [1.54, 1.807) is 12.1 Å². The fourth-order valence-electron chi connectivity index (χ4n) is 8.40. The van der Waals surface area contributed by atoms with Gasteiger partial charge in [0.25, 0.3) is 0 Å². The Labute approximate surface area is 353 Å². The van der Waals surface area contributed by atoms with Crippen molar-refractivity contribution in [1.82, 2.24) is 24.3 Å². The highest BCUT2D eigenvalue weighted by atomic mass is 16.5. The number of aromatic amines is 2. The number of hydrogen-bond donors (Lipinski definition) is 7. The maximum absolute atomic E-state index is 9.00. The van der Waals surface area contributed by atoms with Crippen LogP contribution in [0, 0.1) is 13.8 Å². The number of H-pyrrole nitrogens is 2. The van der Waals surface area contributed by atoms with Gasteiger partial charge in [0, 0.05) is 83.5 Å². The zero-order valence-electron chi connectivity index (χ0n) is 35.9. The summed E-state index contributed by atoms with van der Waals surface area (Å²) >= 11 is 0. The number of aromatic nitrogens is 3. The summed E-state index contributed by atoms with van der Waals surface area (Å²) in [5, 5.41) is 20.9. The predicted molar refractivity (Wildman–Crippen MR) is 244 cm³/mol. The Morgan fingerprint density at radius 2 is 1.12 bits per heavy atom. The molecule has 0 spiro atoms. The first-order chi connectivity index (χ1) is 29.2. The molecule has 0 bridgehead atoms. The summed E-state index contributed by atoms with van der Waals surface area (Å²) in [4.78, 5) is 11.7. The maximum atomic E-state index is 9.00. The molecule has 5 heterocycles. The van der Waals surface area contributed by atoms with Gasteiger partial charge in [0.1, 0.15) is 37.1 Å². The topological polar surface area (TPSA) is 198 Å². The van der Waals surface area contributed by atoms with Crippen LogP contribution in [-0.2, 0) is 24.1 Å². The van der Waals surface area contributed by atoms with Gasteiger partial charge in [-0.1, -0.05) is 13.8 Å². The lowest BCUT2D eigenvalue weighted by atomic mass is 10.1. The third-order valence-corrected chi connectivity index (χ3v) is 11.5. The smallest absolute Gasteiger partial charge is 0.143 e. The van der Waals surface area contributed by atoms with E-state index in [4.69, 9.17) is 46.4 Å². The number of ether oxygens (including phenoxy) is 4. The Hall–Kier alpha value is -5.12. The molecular weight excluding hydrogens is 761 g/mol. The molecule has 14 heteroatoms. The number of nitrogens with two attached hydrogens (primary N) is 3. The summed E-state index contributed by atoms with van der Waals surface area (Å²) in [5.41, 5.74) is 28.4. The molecule has 0 aliphatic carbocycles. The van der Waals surface area contributed by atoms with E-state index in [0.29, 0.717) is 24.6 Å². The molecule has 0 unspecified atom stereocenters. The normalized spacial score (nSPS) is 14.6. The first kappa shape index (κ1) is 44.4. The van der Waals surface area contributed by atoms with Crippen LogP contribution in [0.2, 0.25) is 0 Å². The van der Waals surface area contributed by atoms with E-state index >= 15 is 0 Å². The molecule has 0 amide bonds. The molecule has 60 heavy (non-hydrogen) atoms. The van der Waals surface area contributed by atoms with E-state index in [0.717, 1.165) is 114 Å². The van der Waals surface area contributed by atoms with E-state index in [1.807, 2.05) is 41.1 Å². The van der Waals surface area contributed by atoms with Crippen molar-refractivity contribution in [2.75, 3.05) is 103 Å². The Morgan fingerprint density at radius 3 is 1.63 bits per heavy atom. The van der Waals surface area contributed by atoms with E-state index in [-0.39, 0.29) is 19.8 Å². The number of aliphatic hydroxyl groups is 2. The lowest BCUT2D eigenvalue weighted by Gasteiger charge is -2.26. The van der Waals surface area contributed by atoms with Crippen LogP contribution in [0.1, 0.15) is 49.2 Å². The number of morpholine rings is 1. The largest absolute Gasteiger partial charge is 0.490 e. The molecule has 0 radical (unpaired) electrons. The molecule has 10 N–H and O–H groups in total. The van der Waals surface area contributed by atoms with Crippen LogP contribution in [0.3, 0.4) is 0 Å². The Morgan fingerprint density at radius 1 is 0.617 bits per heavy atom. The number of nitrogen functional groups attached to an aromatic ring is 3. The minimum atomic E-state index is -0.0351. The number of fused-ring (bicyclic) bond motifs is 3. The van der Waals surface area contributed by atoms with Gasteiger partial charge in [-0.15, -0.1) is 0 Å². The van der Waals surface area contributed by atoms with Gasteiger partial charge in [-0.2, -0.15) is 0 Å². The molecule has 326 valence electrons. The molecule has 3 aromatic carbocycles. The minimum absolute atomic E-state index is 0.0351. The first-order valence-corrected chi connectivity index (χ1v) is 21.5. The molecule has 3 aromatic heterocycles. The van der Waals surface area contributed by atoms with Gasteiger partial charge in [-0.05, 0) is 106 Å². The van der Waals surface area contributed by atoms with Crippen molar-refractivity contribution in [1.29, 1.82) is 0 Å². The predicted octanol–water partition coefficient (Wildman–Crippen LogP) is 6.01. The number of rotatable bonds is 15. The molecule has 2 saturated heterocycles. The third kappa shape index (κ3) is 10.4. The lowest BCUT2D eigenvalue weighted by molar-refractivity contribution is 0.0323. The molecule has 2 aliphatic heterocycles. The van der Waals surface area contributed by atoms with Gasteiger partial charge in [-0.25, -0.2) is 0 Å². The minimum Gasteiger partial charge on any atom is -0.490 e. The van der Waals surface area contributed by atoms with Gasteiger partial charge in [0.05, 0.1) is 43.0 Å². The van der Waals surface area contributed by atoms with Crippen LogP contribution in [0.25, 0.3) is 32.7 Å². The SMILES string of the molecule is CCc1c(C)[nH]c2c(OCCN3CCCC3)ccc(N)c12.CCc1c(C)[nH]c2c(OCCN3CCOCC3)ccc(N)c12.Nc1ccc(OCCO)c2c1ccn2CCO. The number of aryl methyl sites for hydroxylation is 4. The van der Waals surface area contributed by atoms with E-state index in [1.165, 1.54) is 48.4 Å². The average Bonchev–Trinajstić information content (AvgIpc) is 4.07. The highest BCUT2D eigenvalue weighted by molar-refractivity contribution is 5.99. The third-order valence-electron chi connectivity index (χ3n) is 11.5. The lowest BCUT2D eigenvalue weighted by Crippen LogP contribution is -2.38. The fourth-order valence-corrected chi connectivity index (χ4v) is 8.40. The highest BCUT2D eigenvalue weighted by Crippen LogP contribution is 2.36. The van der Waals surface area contributed by atoms with Gasteiger partial charge in [0.15, 0.2) is 0 Å². The van der Waals surface area contributed by atoms with Crippen molar-refractivity contribution < 1.29 is 29.2 Å². The average molecular weight is 827 g/mol. The molecule has 6 aromatic rings. The second-order valence-electron chi connectivity index (χ2n) is 15.4. The van der Waals surface area contributed by atoms with Crippen molar-refractivity contribution in [3.05, 3.63) is 71.2 Å². The van der Waals surface area contributed by atoms with Crippen molar-refractivity contribution in [3.8, 4) is 17.2 Å². The molecular formula is C46H66N8O6. The highest BCUT2D eigenvalue weighted by Gasteiger charge is 2.17. The molecule has 8 rings (SSSR count). The van der Waals surface area contributed by atoms with E-state index in [9.17, 15) is 0 Å². The summed E-state index contributed by atoms with van der Waals surface area (Å²) in [7, 11) is 0. The number of nitrogens with zero attached hydrogens (tertiary/aromatic N) is 3. The first-order valence-electron chi connectivity index (χ1n) is 21.5. The van der Waals surface area contributed by atoms with Crippen LogP contribution in [0.15, 0.2) is 48.7 Å². The van der Waals surface area contributed by atoms with Crippen LogP contribution >= 0.6 is 0 Å². The van der Waals surface area contributed by atoms with Crippen LogP contribution < -0.4 is 31.4 Å². The van der Waals surface area contributed by atoms with Crippen molar-refractivity contribution in [2.45, 2.75) is 59.9 Å². The number of aliphatic hydroxyl groups excluding tert-OH is 2. The molecule has 0 saturated carbocycles. The summed E-state index contributed by atoms with van der Waals surface area (Å²) in [5.74, 6) is 2.48. The fraction of sp³-hybridized carbons (Fsp3) is 0.478. The molecule has 14 nitrogen and oxygen atoms in total. The quantitative estimate of drug-likeness (QED) is 0.0599. The molecule has 2 fully saturated rings. The van der Waals surface area contributed by atoms with Crippen LogP contribution in [0.4, 0.5) is 17.1 Å². The summed E-state index contributed by atoms with van der Waals surface area (Å²) in [6, 6.07) is 13.3. The maximum Gasteiger partial charge on any atom is 0.143 e. The molecule has 2 aliphatic rings. The number of nitrogens with one attached hydrogen (secondary N) is 2.